The van der Waals surface area contributed by atoms with Gasteiger partial charge in [0, 0.05) is 68.6 Å². The summed E-state index contributed by atoms with van der Waals surface area (Å²) in [6.45, 7) is 7.93. The van der Waals surface area contributed by atoms with Crippen molar-refractivity contribution in [2.24, 2.45) is 0 Å². The van der Waals surface area contributed by atoms with E-state index in [0.717, 1.165) is 50.9 Å². The molecule has 0 radical (unpaired) electrons. The highest BCUT2D eigenvalue weighted by Crippen LogP contribution is 2.35. The number of fused-ring (bicyclic) bond motifs is 1. The van der Waals surface area contributed by atoms with Crippen LogP contribution in [0.4, 0.5) is 20.3 Å². The molecule has 2 aromatic heterocycles. The van der Waals surface area contributed by atoms with Gasteiger partial charge in [-0.3, -0.25) is 9.69 Å². The number of hydrogen-bond donors (Lipinski definition) is 2. The number of aromatic amines is 1. The molecule has 2 aromatic carbocycles. The number of nitrogens with zero attached hydrogens (tertiary/aromatic N) is 5. The molecule has 40 heavy (non-hydrogen) atoms. The maximum atomic E-state index is 15.3. The van der Waals surface area contributed by atoms with Crippen LogP contribution in [0.1, 0.15) is 28.0 Å². The van der Waals surface area contributed by atoms with Crippen molar-refractivity contribution in [3.8, 4) is 11.6 Å². The molecule has 11 heteroatoms. The van der Waals surface area contributed by atoms with Crippen molar-refractivity contribution in [2.75, 3.05) is 51.6 Å². The molecular formula is C29H31F2N7O2. The average Bonchev–Trinajstić information content (AvgIpc) is 3.31. The van der Waals surface area contributed by atoms with Crippen molar-refractivity contribution < 1.29 is 18.3 Å². The highest BCUT2D eigenvalue weighted by Gasteiger charge is 2.30. The summed E-state index contributed by atoms with van der Waals surface area (Å²) in [5.41, 5.74) is 2.65. The van der Waals surface area contributed by atoms with Crippen LogP contribution in [0.15, 0.2) is 42.7 Å². The van der Waals surface area contributed by atoms with E-state index in [0.29, 0.717) is 18.8 Å². The van der Waals surface area contributed by atoms with Gasteiger partial charge >= 0.3 is 0 Å². The number of benzene rings is 2. The highest BCUT2D eigenvalue weighted by molar-refractivity contribution is 6.02. The second-order valence-corrected chi connectivity index (χ2v) is 10.5. The number of anilines is 2. The Labute approximate surface area is 230 Å². The number of rotatable bonds is 7. The number of halogens is 2. The first-order chi connectivity index (χ1) is 19.4. The van der Waals surface area contributed by atoms with Crippen molar-refractivity contribution in [3.63, 3.8) is 0 Å². The predicted octanol–water partition coefficient (Wildman–Crippen LogP) is 4.67. The Bertz CT molecular complexity index is 1540. The topological polar surface area (TPSA) is 89.6 Å². The summed E-state index contributed by atoms with van der Waals surface area (Å²) in [7, 11) is 2.14. The van der Waals surface area contributed by atoms with Gasteiger partial charge in [-0.05, 0) is 44.2 Å². The first-order valence-corrected chi connectivity index (χ1v) is 13.4. The summed E-state index contributed by atoms with van der Waals surface area (Å²) in [5.74, 6) is -2.03. The minimum atomic E-state index is -0.743. The van der Waals surface area contributed by atoms with E-state index in [1.165, 1.54) is 18.0 Å². The van der Waals surface area contributed by atoms with E-state index in [4.69, 9.17) is 4.74 Å². The van der Waals surface area contributed by atoms with Crippen LogP contribution in [0.5, 0.6) is 11.6 Å². The summed E-state index contributed by atoms with van der Waals surface area (Å²) in [5, 5.41) is 3.27. The molecule has 208 valence electrons. The Morgan fingerprint density at radius 2 is 1.80 bits per heavy atom. The molecule has 2 saturated heterocycles. The number of aromatic nitrogens is 3. The molecule has 4 aromatic rings. The lowest BCUT2D eigenvalue weighted by Crippen LogP contribution is -2.43. The van der Waals surface area contributed by atoms with Crippen molar-refractivity contribution in [2.45, 2.75) is 19.9 Å². The molecular weight excluding hydrogens is 516 g/mol. The molecule has 2 N–H and O–H groups in total. The number of piperazine rings is 1. The van der Waals surface area contributed by atoms with Crippen LogP contribution in [0.25, 0.3) is 10.9 Å². The van der Waals surface area contributed by atoms with E-state index in [-0.39, 0.29) is 39.8 Å². The van der Waals surface area contributed by atoms with Crippen LogP contribution in [-0.4, -0.2) is 81.9 Å². The van der Waals surface area contributed by atoms with Gasteiger partial charge in [0.2, 0.25) is 5.88 Å². The fourth-order valence-electron chi connectivity index (χ4n) is 5.02. The molecule has 2 aliphatic heterocycles. The smallest absolute Gasteiger partial charge is 0.263 e. The summed E-state index contributed by atoms with van der Waals surface area (Å²) < 4.78 is 35.9. The Morgan fingerprint density at radius 1 is 1.05 bits per heavy atom. The Kier molecular flexibility index (Phi) is 7.07. The number of ether oxygens (including phenoxy) is 1. The van der Waals surface area contributed by atoms with Crippen LogP contribution in [0, 0.1) is 18.6 Å². The quantitative estimate of drug-likeness (QED) is 0.348. The summed E-state index contributed by atoms with van der Waals surface area (Å²) >= 11 is 0. The molecule has 2 aliphatic rings. The van der Waals surface area contributed by atoms with E-state index in [2.05, 4.69) is 37.1 Å². The number of H-pyrrole nitrogens is 1. The lowest BCUT2D eigenvalue weighted by molar-refractivity contribution is 0.0649. The lowest BCUT2D eigenvalue weighted by Gasteiger charge is -2.32. The number of nitrogens with one attached hydrogen (secondary N) is 2. The number of carbonyl (C=O) groups excluding carboxylic acids is 1. The van der Waals surface area contributed by atoms with E-state index in [9.17, 15) is 9.18 Å². The van der Waals surface area contributed by atoms with Crippen molar-refractivity contribution >= 4 is 28.3 Å². The third-order valence-corrected chi connectivity index (χ3v) is 7.50. The molecule has 0 saturated carbocycles. The monoisotopic (exact) mass is 547 g/mol. The summed E-state index contributed by atoms with van der Waals surface area (Å²) in [6, 6.07) is 10.4. The molecule has 9 nitrogen and oxygen atoms in total. The highest BCUT2D eigenvalue weighted by atomic mass is 19.1. The predicted molar refractivity (Wildman–Crippen MR) is 148 cm³/mol. The maximum absolute atomic E-state index is 15.3. The van der Waals surface area contributed by atoms with Gasteiger partial charge in [0.15, 0.2) is 23.2 Å². The van der Waals surface area contributed by atoms with Crippen molar-refractivity contribution in [1.29, 1.82) is 0 Å². The molecule has 0 atom stereocenters. The largest absolute Gasteiger partial charge is 0.435 e. The molecule has 4 heterocycles. The molecule has 0 aliphatic carbocycles. The van der Waals surface area contributed by atoms with E-state index >= 15 is 4.39 Å². The Balaban J connectivity index is 1.28. The van der Waals surface area contributed by atoms with Gasteiger partial charge in [-0.25, -0.2) is 18.7 Å². The van der Waals surface area contributed by atoms with Crippen LogP contribution in [0.2, 0.25) is 0 Å². The van der Waals surface area contributed by atoms with Gasteiger partial charge in [-0.15, -0.1) is 0 Å². The van der Waals surface area contributed by atoms with E-state index in [1.54, 1.807) is 11.8 Å². The van der Waals surface area contributed by atoms with Gasteiger partial charge in [0.1, 0.15) is 11.9 Å². The van der Waals surface area contributed by atoms with Crippen LogP contribution in [0.3, 0.4) is 0 Å². The second kappa shape index (κ2) is 10.8. The fraction of sp³-hybridized carbons (Fsp3) is 0.345. The second-order valence-electron chi connectivity index (χ2n) is 10.5. The SMILES string of the molecule is Cc1cc2c(F)c(Oc3ncnc(Nc4ccc(CN5CCN(C)CC5)cc4)c3C(=O)N3CCC3)cc(F)c2[nH]1. The van der Waals surface area contributed by atoms with Gasteiger partial charge in [-0.1, -0.05) is 12.1 Å². The molecule has 0 unspecified atom stereocenters. The van der Waals surface area contributed by atoms with E-state index < -0.39 is 11.6 Å². The normalized spacial score (nSPS) is 16.2. The summed E-state index contributed by atoms with van der Waals surface area (Å²) in [6.07, 6.45) is 2.12. The third-order valence-electron chi connectivity index (χ3n) is 7.50. The lowest BCUT2D eigenvalue weighted by atomic mass is 10.1. The number of amides is 1. The Hall–Kier alpha value is -4.09. The third kappa shape index (κ3) is 5.22. The zero-order valence-corrected chi connectivity index (χ0v) is 22.5. The molecule has 6 rings (SSSR count). The van der Waals surface area contributed by atoms with Gasteiger partial charge in [0.05, 0.1) is 5.52 Å². The standard InChI is InChI=1S/C29H31F2N7O2/c1-18-14-21-25(31)23(15-22(30)26(21)34-18)40-28-24(29(39)38-8-3-9-38)27(32-17-33-28)35-20-6-4-19(5-7-20)16-37-12-10-36(2)11-13-37/h4-7,14-15,17,34H,3,8-13,16H2,1-2H3,(H,32,33,35). The van der Waals surface area contributed by atoms with Crippen LogP contribution < -0.4 is 10.1 Å². The van der Waals surface area contributed by atoms with Crippen LogP contribution >= 0.6 is 0 Å². The number of carbonyl (C=O) groups is 1. The van der Waals surface area contributed by atoms with Gasteiger partial charge in [0.25, 0.3) is 5.91 Å². The van der Waals surface area contributed by atoms with Crippen molar-refractivity contribution in [1.82, 2.24) is 29.7 Å². The van der Waals surface area contributed by atoms with Crippen LogP contribution in [-0.2, 0) is 6.54 Å². The molecule has 0 bridgehead atoms. The van der Waals surface area contributed by atoms with E-state index in [1.807, 2.05) is 24.3 Å². The van der Waals surface area contributed by atoms with Crippen molar-refractivity contribution in [3.05, 3.63) is 71.2 Å². The number of hydrogen-bond acceptors (Lipinski definition) is 7. The van der Waals surface area contributed by atoms with Gasteiger partial charge in [-0.2, -0.15) is 0 Å². The first kappa shape index (κ1) is 26.1. The number of aryl methyl sites for hydroxylation is 1. The zero-order valence-electron chi connectivity index (χ0n) is 22.5. The molecule has 0 spiro atoms. The summed E-state index contributed by atoms with van der Waals surface area (Å²) in [4.78, 5) is 31.1. The first-order valence-electron chi connectivity index (χ1n) is 13.4. The molecule has 1 amide bonds. The average molecular weight is 548 g/mol. The zero-order chi connectivity index (χ0) is 27.8. The number of likely N-dealkylation sites (N-methyl/N-ethyl adjacent to an activating group) is 1. The number of likely N-dealkylation sites (tertiary alicyclic amines) is 1. The minimum Gasteiger partial charge on any atom is -0.435 e. The minimum absolute atomic E-state index is 0.0559. The van der Waals surface area contributed by atoms with Gasteiger partial charge < -0.3 is 24.8 Å². The Morgan fingerprint density at radius 3 is 2.50 bits per heavy atom. The fourth-order valence-corrected chi connectivity index (χ4v) is 5.02. The maximum Gasteiger partial charge on any atom is 0.263 e. The molecule has 2 fully saturated rings.